The molecule has 2 rings (SSSR count). The Morgan fingerprint density at radius 3 is 2.62 bits per heavy atom. The number of nitrogen functional groups attached to an aromatic ring is 1. The maximum atomic E-state index is 5.71. The van der Waals surface area contributed by atoms with Gasteiger partial charge in [0.1, 0.15) is 18.2 Å². The maximum absolute atomic E-state index is 5.71. The Hall–Kier alpha value is -2.14. The van der Waals surface area contributed by atoms with Gasteiger partial charge in [-0.15, -0.1) is 0 Å². The number of hydrogen-bond donors (Lipinski definition) is 2. The van der Waals surface area contributed by atoms with Crippen LogP contribution in [0.2, 0.25) is 0 Å². The first kappa shape index (κ1) is 15.3. The molecule has 1 heterocycles. The van der Waals surface area contributed by atoms with Gasteiger partial charge in [-0.25, -0.2) is 15.8 Å². The van der Waals surface area contributed by atoms with Crippen molar-refractivity contribution >= 4 is 5.82 Å². The second-order valence-corrected chi connectivity index (χ2v) is 4.99. The van der Waals surface area contributed by atoms with Gasteiger partial charge < -0.3 is 10.2 Å². The van der Waals surface area contributed by atoms with Crippen LogP contribution in [0.15, 0.2) is 30.3 Å². The Morgan fingerprint density at radius 2 is 1.95 bits per heavy atom. The van der Waals surface area contributed by atoms with Crippen LogP contribution in [0.25, 0.3) is 0 Å². The van der Waals surface area contributed by atoms with Crippen LogP contribution in [0.5, 0.6) is 5.75 Å². The first-order valence-electron chi connectivity index (χ1n) is 7.24. The fraction of sp³-hybridized carbons (Fsp3) is 0.375. The molecule has 1 aromatic heterocycles. The van der Waals surface area contributed by atoms with Gasteiger partial charge in [0.25, 0.3) is 0 Å². The highest BCUT2D eigenvalue weighted by atomic mass is 16.5. The van der Waals surface area contributed by atoms with E-state index in [2.05, 4.69) is 34.5 Å². The molecule has 0 atom stereocenters. The van der Waals surface area contributed by atoms with E-state index in [1.165, 1.54) is 18.4 Å². The van der Waals surface area contributed by atoms with Crippen molar-refractivity contribution in [1.82, 2.24) is 9.97 Å². The quantitative estimate of drug-likeness (QED) is 0.604. The van der Waals surface area contributed by atoms with Crippen molar-refractivity contribution in [3.63, 3.8) is 0 Å². The number of hydrazine groups is 1. The monoisotopic (exact) mass is 286 g/mol. The normalized spacial score (nSPS) is 10.4. The number of rotatable bonds is 7. The van der Waals surface area contributed by atoms with Gasteiger partial charge in [-0.1, -0.05) is 25.5 Å². The van der Waals surface area contributed by atoms with Crippen LogP contribution in [-0.2, 0) is 13.0 Å². The molecule has 3 N–H and O–H groups in total. The molecule has 5 nitrogen and oxygen atoms in total. The van der Waals surface area contributed by atoms with Crippen molar-refractivity contribution in [2.45, 2.75) is 39.7 Å². The number of nitrogens with zero attached hydrogens (tertiary/aromatic N) is 2. The molecule has 0 spiro atoms. The molecule has 0 fully saturated rings. The van der Waals surface area contributed by atoms with Crippen molar-refractivity contribution in [2.75, 3.05) is 5.43 Å². The van der Waals surface area contributed by atoms with Crippen LogP contribution in [0.4, 0.5) is 5.82 Å². The third-order valence-electron chi connectivity index (χ3n) is 3.16. The lowest BCUT2D eigenvalue weighted by Crippen LogP contribution is -2.12. The smallest absolute Gasteiger partial charge is 0.168 e. The number of nitrogens with two attached hydrogens (primary N) is 1. The van der Waals surface area contributed by atoms with E-state index in [-0.39, 0.29) is 0 Å². The Bertz CT molecular complexity index is 569. The number of anilines is 1. The summed E-state index contributed by atoms with van der Waals surface area (Å²) in [4.78, 5) is 8.58. The summed E-state index contributed by atoms with van der Waals surface area (Å²) in [6.45, 7) is 4.42. The lowest BCUT2D eigenvalue weighted by molar-refractivity contribution is 0.295. The number of benzene rings is 1. The molecule has 0 radical (unpaired) electrons. The Morgan fingerprint density at radius 1 is 1.19 bits per heavy atom. The molecule has 0 aliphatic heterocycles. The number of unbranched alkanes of at least 4 members (excludes halogenated alkanes) is 1. The summed E-state index contributed by atoms with van der Waals surface area (Å²) in [5, 5.41) is 0. The van der Waals surface area contributed by atoms with Gasteiger partial charge in [0.2, 0.25) is 0 Å². The third-order valence-corrected chi connectivity index (χ3v) is 3.16. The van der Waals surface area contributed by atoms with Crippen LogP contribution in [-0.4, -0.2) is 9.97 Å². The molecule has 112 valence electrons. The van der Waals surface area contributed by atoms with Crippen LogP contribution in [0, 0.1) is 6.92 Å². The highest BCUT2D eigenvalue weighted by Gasteiger charge is 2.03. The SMILES string of the molecule is CCCCc1ccc(OCc2nc(C)cc(NN)n2)cc1. The van der Waals surface area contributed by atoms with Gasteiger partial charge in [-0.2, -0.15) is 0 Å². The zero-order valence-electron chi connectivity index (χ0n) is 12.6. The van der Waals surface area contributed by atoms with Crippen LogP contribution >= 0.6 is 0 Å². The van der Waals surface area contributed by atoms with Crippen molar-refractivity contribution in [3.05, 3.63) is 47.4 Å². The molecule has 0 amide bonds. The van der Waals surface area contributed by atoms with E-state index < -0.39 is 0 Å². The Balaban J connectivity index is 1.95. The van der Waals surface area contributed by atoms with E-state index in [1.54, 1.807) is 6.07 Å². The van der Waals surface area contributed by atoms with Gasteiger partial charge in [-0.3, -0.25) is 0 Å². The molecule has 0 aliphatic carbocycles. The van der Waals surface area contributed by atoms with E-state index in [0.29, 0.717) is 18.2 Å². The summed E-state index contributed by atoms with van der Waals surface area (Å²) in [5.41, 5.74) is 4.72. The average Bonchev–Trinajstić information content (AvgIpc) is 2.51. The predicted octanol–water partition coefficient (Wildman–Crippen LogP) is 2.99. The van der Waals surface area contributed by atoms with Crippen molar-refractivity contribution < 1.29 is 4.74 Å². The molecule has 0 aliphatic rings. The van der Waals surface area contributed by atoms with Crippen molar-refractivity contribution in [1.29, 1.82) is 0 Å². The first-order chi connectivity index (χ1) is 10.2. The fourth-order valence-corrected chi connectivity index (χ4v) is 2.05. The summed E-state index contributed by atoms with van der Waals surface area (Å²) >= 11 is 0. The zero-order valence-corrected chi connectivity index (χ0v) is 12.6. The third kappa shape index (κ3) is 4.72. The minimum absolute atomic E-state index is 0.324. The Labute approximate surface area is 125 Å². The van der Waals surface area contributed by atoms with Crippen LogP contribution in [0.3, 0.4) is 0 Å². The Kier molecular flexibility index (Phi) is 5.51. The summed E-state index contributed by atoms with van der Waals surface area (Å²) in [6, 6.07) is 9.97. The highest BCUT2D eigenvalue weighted by Crippen LogP contribution is 2.15. The van der Waals surface area contributed by atoms with Gasteiger partial charge in [0, 0.05) is 11.8 Å². The van der Waals surface area contributed by atoms with Crippen LogP contribution in [0.1, 0.15) is 36.8 Å². The van der Waals surface area contributed by atoms with E-state index >= 15 is 0 Å². The van der Waals surface area contributed by atoms with Gasteiger partial charge in [0.05, 0.1) is 0 Å². The van der Waals surface area contributed by atoms with E-state index in [0.717, 1.165) is 17.9 Å². The topological polar surface area (TPSA) is 73.1 Å². The average molecular weight is 286 g/mol. The molecule has 0 saturated carbocycles. The minimum atomic E-state index is 0.324. The summed E-state index contributed by atoms with van der Waals surface area (Å²) < 4.78 is 5.71. The lowest BCUT2D eigenvalue weighted by atomic mass is 10.1. The molecule has 0 bridgehead atoms. The standard InChI is InChI=1S/C16H22N4O/c1-3-4-5-13-6-8-14(9-7-13)21-11-16-18-12(2)10-15(19-16)20-17/h6-10H,3-5,11,17H2,1-2H3,(H,18,19,20). The summed E-state index contributed by atoms with van der Waals surface area (Å²) in [6.07, 6.45) is 3.54. The first-order valence-corrected chi connectivity index (χ1v) is 7.24. The van der Waals surface area contributed by atoms with E-state index in [4.69, 9.17) is 10.6 Å². The van der Waals surface area contributed by atoms with Gasteiger partial charge >= 0.3 is 0 Å². The molecule has 5 heteroatoms. The number of nitrogens with one attached hydrogen (secondary N) is 1. The van der Waals surface area contributed by atoms with E-state index in [1.807, 2.05) is 19.1 Å². The largest absolute Gasteiger partial charge is 0.486 e. The minimum Gasteiger partial charge on any atom is -0.486 e. The molecule has 0 saturated heterocycles. The molecule has 1 aromatic carbocycles. The van der Waals surface area contributed by atoms with Crippen molar-refractivity contribution in [3.8, 4) is 5.75 Å². The van der Waals surface area contributed by atoms with Crippen molar-refractivity contribution in [2.24, 2.45) is 5.84 Å². The van der Waals surface area contributed by atoms with Gasteiger partial charge in [-0.05, 0) is 37.5 Å². The number of aromatic nitrogens is 2. The van der Waals surface area contributed by atoms with Crippen LogP contribution < -0.4 is 16.0 Å². The highest BCUT2D eigenvalue weighted by molar-refractivity contribution is 5.34. The molecular formula is C16H22N4O. The number of aryl methyl sites for hydroxylation is 2. The van der Waals surface area contributed by atoms with Gasteiger partial charge in [0.15, 0.2) is 5.82 Å². The number of ether oxygens (including phenoxy) is 1. The molecule has 2 aromatic rings. The molecule has 0 unspecified atom stereocenters. The van der Waals surface area contributed by atoms with E-state index in [9.17, 15) is 0 Å². The summed E-state index contributed by atoms with van der Waals surface area (Å²) in [7, 11) is 0. The zero-order chi connectivity index (χ0) is 15.1. The fourth-order valence-electron chi connectivity index (χ4n) is 2.05. The summed E-state index contributed by atoms with van der Waals surface area (Å²) in [5.74, 6) is 7.39. The molecular weight excluding hydrogens is 264 g/mol. The maximum Gasteiger partial charge on any atom is 0.168 e. The second kappa shape index (κ2) is 7.59. The lowest BCUT2D eigenvalue weighted by Gasteiger charge is -2.08. The molecule has 21 heavy (non-hydrogen) atoms. The predicted molar refractivity (Wildman–Crippen MR) is 84.0 cm³/mol. The number of hydrogen-bond acceptors (Lipinski definition) is 5. The second-order valence-electron chi connectivity index (χ2n) is 4.99.